The number of hydrogen-bond donors (Lipinski definition) is 1. The Morgan fingerprint density at radius 3 is 2.45 bits per heavy atom. The van der Waals surface area contributed by atoms with E-state index in [9.17, 15) is 4.79 Å². The minimum atomic E-state index is 0. The van der Waals surface area contributed by atoms with E-state index in [0.717, 1.165) is 44.9 Å². The molecule has 0 radical (unpaired) electrons. The van der Waals surface area contributed by atoms with Gasteiger partial charge in [-0.2, -0.15) is 0 Å². The second-order valence-corrected chi connectivity index (χ2v) is 7.36. The minimum Gasteiger partial charge on any atom is -0.342 e. The van der Waals surface area contributed by atoms with Crippen LogP contribution >= 0.6 is 12.4 Å². The van der Waals surface area contributed by atoms with Gasteiger partial charge in [0.25, 0.3) is 0 Å². The Labute approximate surface area is 130 Å². The number of amides is 1. The van der Waals surface area contributed by atoms with Gasteiger partial charge >= 0.3 is 0 Å². The van der Waals surface area contributed by atoms with Crippen molar-refractivity contribution in [3.63, 3.8) is 0 Å². The Morgan fingerprint density at radius 2 is 1.85 bits per heavy atom. The number of nitrogens with one attached hydrogen (secondary N) is 1. The minimum absolute atomic E-state index is 0. The van der Waals surface area contributed by atoms with Crippen molar-refractivity contribution in [1.29, 1.82) is 0 Å². The number of likely N-dealkylation sites (tertiary alicyclic amines) is 1. The molecule has 1 amide bonds. The van der Waals surface area contributed by atoms with Crippen LogP contribution in [0.5, 0.6) is 0 Å². The van der Waals surface area contributed by atoms with Crippen LogP contribution in [0.25, 0.3) is 0 Å². The zero-order valence-corrected chi connectivity index (χ0v) is 14.1. The highest BCUT2D eigenvalue weighted by atomic mass is 35.5. The van der Waals surface area contributed by atoms with Crippen molar-refractivity contribution >= 4 is 18.3 Å². The zero-order valence-electron chi connectivity index (χ0n) is 13.3. The summed E-state index contributed by atoms with van der Waals surface area (Å²) >= 11 is 0. The van der Waals surface area contributed by atoms with Crippen LogP contribution in [-0.4, -0.2) is 37.0 Å². The summed E-state index contributed by atoms with van der Waals surface area (Å²) in [5, 5.41) is 3.36. The van der Waals surface area contributed by atoms with Gasteiger partial charge in [-0.3, -0.25) is 4.79 Å². The third-order valence-corrected chi connectivity index (χ3v) is 4.91. The van der Waals surface area contributed by atoms with Crippen LogP contribution in [0.4, 0.5) is 0 Å². The molecule has 1 N–H and O–H groups in total. The number of carbonyl (C=O) groups excluding carboxylic acids is 1. The second-order valence-electron chi connectivity index (χ2n) is 7.36. The standard InChI is InChI=1S/C16H30N2O.ClH/c1-16(2,3)14-7-5-10-18(11-8-14)15(19)13-6-4-9-17-12-13;/h13-14,17H,4-12H2,1-3H3;1H. The summed E-state index contributed by atoms with van der Waals surface area (Å²) in [4.78, 5) is 14.7. The molecule has 0 aromatic rings. The SMILES string of the molecule is CC(C)(C)C1CCCN(C(=O)C2CCCNC2)CC1.Cl. The van der Waals surface area contributed by atoms with E-state index >= 15 is 0 Å². The van der Waals surface area contributed by atoms with E-state index < -0.39 is 0 Å². The summed E-state index contributed by atoms with van der Waals surface area (Å²) in [6.45, 7) is 10.9. The molecule has 0 saturated carbocycles. The van der Waals surface area contributed by atoms with Crippen LogP contribution in [-0.2, 0) is 4.79 Å². The number of halogens is 1. The van der Waals surface area contributed by atoms with E-state index in [2.05, 4.69) is 31.0 Å². The largest absolute Gasteiger partial charge is 0.342 e. The lowest BCUT2D eigenvalue weighted by molar-refractivity contribution is -0.136. The third kappa shape index (κ3) is 4.63. The maximum atomic E-state index is 12.5. The van der Waals surface area contributed by atoms with E-state index in [1.807, 2.05) is 0 Å². The molecule has 0 bridgehead atoms. The van der Waals surface area contributed by atoms with Crippen molar-refractivity contribution in [3.8, 4) is 0 Å². The first-order chi connectivity index (χ1) is 8.98. The predicted octanol–water partition coefficient (Wildman–Crippen LogP) is 3.08. The maximum absolute atomic E-state index is 12.5. The third-order valence-electron chi connectivity index (χ3n) is 4.91. The lowest BCUT2D eigenvalue weighted by Gasteiger charge is -2.31. The van der Waals surface area contributed by atoms with Gasteiger partial charge < -0.3 is 10.2 Å². The zero-order chi connectivity index (χ0) is 13.9. The van der Waals surface area contributed by atoms with Crippen molar-refractivity contribution in [2.75, 3.05) is 26.2 Å². The fraction of sp³-hybridized carbons (Fsp3) is 0.938. The van der Waals surface area contributed by atoms with Gasteiger partial charge in [0.1, 0.15) is 0 Å². The van der Waals surface area contributed by atoms with Crippen LogP contribution in [0.3, 0.4) is 0 Å². The number of nitrogens with zero attached hydrogens (tertiary/aromatic N) is 1. The fourth-order valence-corrected chi connectivity index (χ4v) is 3.50. The number of piperidine rings is 1. The Balaban J connectivity index is 0.00000200. The summed E-state index contributed by atoms with van der Waals surface area (Å²) in [6, 6.07) is 0. The van der Waals surface area contributed by atoms with Gasteiger partial charge in [-0.05, 0) is 50.0 Å². The highest BCUT2D eigenvalue weighted by Gasteiger charge is 2.31. The van der Waals surface area contributed by atoms with Crippen LogP contribution in [0.15, 0.2) is 0 Å². The maximum Gasteiger partial charge on any atom is 0.226 e. The molecular weight excluding hydrogens is 272 g/mol. The normalized spacial score (nSPS) is 28.4. The van der Waals surface area contributed by atoms with Crippen molar-refractivity contribution in [1.82, 2.24) is 10.2 Å². The number of hydrogen-bond acceptors (Lipinski definition) is 2. The summed E-state index contributed by atoms with van der Waals surface area (Å²) in [7, 11) is 0. The molecule has 20 heavy (non-hydrogen) atoms. The molecule has 2 aliphatic heterocycles. The van der Waals surface area contributed by atoms with Crippen LogP contribution in [0, 0.1) is 17.3 Å². The summed E-state index contributed by atoms with van der Waals surface area (Å²) in [5.74, 6) is 1.40. The average molecular weight is 303 g/mol. The average Bonchev–Trinajstić information content (AvgIpc) is 2.64. The summed E-state index contributed by atoms with van der Waals surface area (Å²) < 4.78 is 0. The molecular formula is C16H31ClN2O. The van der Waals surface area contributed by atoms with E-state index in [4.69, 9.17) is 0 Å². The van der Waals surface area contributed by atoms with Gasteiger partial charge in [0, 0.05) is 19.6 Å². The van der Waals surface area contributed by atoms with E-state index in [1.54, 1.807) is 0 Å². The van der Waals surface area contributed by atoms with Crippen molar-refractivity contribution in [3.05, 3.63) is 0 Å². The number of rotatable bonds is 1. The lowest BCUT2D eigenvalue weighted by Crippen LogP contribution is -2.43. The molecule has 2 heterocycles. The van der Waals surface area contributed by atoms with Crippen molar-refractivity contribution in [2.45, 2.75) is 52.9 Å². The Morgan fingerprint density at radius 1 is 1.10 bits per heavy atom. The Kier molecular flexibility index (Phi) is 6.80. The number of carbonyl (C=O) groups is 1. The smallest absolute Gasteiger partial charge is 0.226 e. The van der Waals surface area contributed by atoms with Crippen molar-refractivity contribution < 1.29 is 4.79 Å². The molecule has 2 rings (SSSR count). The molecule has 0 aromatic heterocycles. The second kappa shape index (κ2) is 7.65. The highest BCUT2D eigenvalue weighted by Crippen LogP contribution is 2.34. The molecule has 2 fully saturated rings. The van der Waals surface area contributed by atoms with E-state index in [1.165, 1.54) is 19.3 Å². The molecule has 3 nitrogen and oxygen atoms in total. The van der Waals surface area contributed by atoms with E-state index in [-0.39, 0.29) is 18.3 Å². The molecule has 0 spiro atoms. The van der Waals surface area contributed by atoms with Gasteiger partial charge in [0.05, 0.1) is 5.92 Å². The van der Waals surface area contributed by atoms with Crippen molar-refractivity contribution in [2.24, 2.45) is 17.3 Å². The highest BCUT2D eigenvalue weighted by molar-refractivity contribution is 5.85. The van der Waals surface area contributed by atoms with Gasteiger partial charge in [-0.25, -0.2) is 0 Å². The Bertz CT molecular complexity index is 308. The molecule has 0 aliphatic carbocycles. The molecule has 4 heteroatoms. The first kappa shape index (κ1) is 17.8. The molecule has 0 aromatic carbocycles. The van der Waals surface area contributed by atoms with Gasteiger partial charge in [0.2, 0.25) is 5.91 Å². The first-order valence-corrected chi connectivity index (χ1v) is 7.98. The van der Waals surface area contributed by atoms with Crippen LogP contribution in [0.1, 0.15) is 52.9 Å². The van der Waals surface area contributed by atoms with Crippen LogP contribution in [0.2, 0.25) is 0 Å². The fourth-order valence-electron chi connectivity index (χ4n) is 3.50. The van der Waals surface area contributed by atoms with Gasteiger partial charge in [-0.15, -0.1) is 12.4 Å². The quantitative estimate of drug-likeness (QED) is 0.807. The molecule has 2 atom stereocenters. The van der Waals surface area contributed by atoms with Crippen LogP contribution < -0.4 is 5.32 Å². The lowest BCUT2D eigenvalue weighted by atomic mass is 9.77. The molecule has 2 unspecified atom stereocenters. The summed E-state index contributed by atoms with van der Waals surface area (Å²) in [6.07, 6.45) is 5.85. The van der Waals surface area contributed by atoms with Gasteiger partial charge in [0.15, 0.2) is 0 Å². The Hall–Kier alpha value is -0.280. The summed E-state index contributed by atoms with van der Waals surface area (Å²) in [5.41, 5.74) is 0.380. The molecule has 118 valence electrons. The van der Waals surface area contributed by atoms with E-state index in [0.29, 0.717) is 11.3 Å². The predicted molar refractivity (Wildman–Crippen MR) is 86.2 cm³/mol. The monoisotopic (exact) mass is 302 g/mol. The topological polar surface area (TPSA) is 32.3 Å². The molecule has 2 saturated heterocycles. The molecule has 2 aliphatic rings. The van der Waals surface area contributed by atoms with Gasteiger partial charge in [-0.1, -0.05) is 20.8 Å². The first-order valence-electron chi connectivity index (χ1n) is 7.98.